The Morgan fingerprint density at radius 3 is 1.24 bits per heavy atom. The molecule has 3 heterocycles. The molecule has 3 aliphatic heterocycles. The van der Waals surface area contributed by atoms with Crippen LogP contribution in [-0.4, -0.2) is 19.8 Å². The molecule has 0 saturated carbocycles. The second-order valence-corrected chi connectivity index (χ2v) is 22.9. The van der Waals surface area contributed by atoms with E-state index in [1.165, 1.54) is 52.6 Å². The SMILES string of the molecule is CC1COCc2cc3c(cc21)C(C)(C)C(C)C3(C)C.CCC1(C)CC(C)(C)c2cc3c(cc21)C(C)COC3.CCC1(C)c2cc3c(cc2C(C)(C)C1C)C(C)COC3. The van der Waals surface area contributed by atoms with Gasteiger partial charge in [-0.2, -0.15) is 0 Å². The van der Waals surface area contributed by atoms with Gasteiger partial charge in [0, 0.05) is 17.8 Å². The third-order valence-electron chi connectivity index (χ3n) is 17.9. The summed E-state index contributed by atoms with van der Waals surface area (Å²) in [5, 5.41) is 0. The van der Waals surface area contributed by atoms with Crippen LogP contribution >= 0.6 is 0 Å². The van der Waals surface area contributed by atoms with Crippen LogP contribution in [0, 0.1) is 11.8 Å². The van der Waals surface area contributed by atoms with Gasteiger partial charge in [0.15, 0.2) is 0 Å². The van der Waals surface area contributed by atoms with Crippen molar-refractivity contribution in [1.82, 2.24) is 0 Å². The van der Waals surface area contributed by atoms with E-state index in [4.69, 9.17) is 14.2 Å². The van der Waals surface area contributed by atoms with Crippen molar-refractivity contribution in [1.29, 1.82) is 0 Å². The van der Waals surface area contributed by atoms with E-state index < -0.39 is 0 Å². The number of hydrogen-bond acceptors (Lipinski definition) is 3. The number of benzene rings is 3. The molecule has 0 saturated heterocycles. The third-order valence-corrected chi connectivity index (χ3v) is 17.9. The molecule has 0 spiro atoms. The van der Waals surface area contributed by atoms with Crippen molar-refractivity contribution in [2.24, 2.45) is 11.8 Å². The molecule has 0 radical (unpaired) electrons. The Bertz CT molecular complexity index is 2030. The van der Waals surface area contributed by atoms with Crippen molar-refractivity contribution in [3.8, 4) is 0 Å². The Morgan fingerprint density at radius 2 is 0.810 bits per heavy atom. The van der Waals surface area contributed by atoms with Crippen LogP contribution < -0.4 is 0 Å². The van der Waals surface area contributed by atoms with E-state index >= 15 is 0 Å². The highest BCUT2D eigenvalue weighted by Gasteiger charge is 2.51. The van der Waals surface area contributed by atoms with Crippen molar-refractivity contribution in [3.63, 3.8) is 0 Å². The minimum atomic E-state index is 0.258. The predicted octanol–water partition coefficient (Wildman–Crippen LogP) is 14.1. The highest BCUT2D eigenvalue weighted by Crippen LogP contribution is 2.57. The molecule has 3 nitrogen and oxygen atoms in total. The van der Waals surface area contributed by atoms with Crippen molar-refractivity contribution in [2.75, 3.05) is 19.8 Å². The van der Waals surface area contributed by atoms with Crippen LogP contribution in [0.4, 0.5) is 0 Å². The predicted molar refractivity (Wildman–Crippen MR) is 244 cm³/mol. The largest absolute Gasteiger partial charge is 0.376 e. The van der Waals surface area contributed by atoms with Crippen molar-refractivity contribution in [2.45, 2.75) is 207 Å². The van der Waals surface area contributed by atoms with Gasteiger partial charge in [0.1, 0.15) is 0 Å². The Labute approximate surface area is 354 Å². The first kappa shape index (κ1) is 43.6. The van der Waals surface area contributed by atoms with Crippen LogP contribution in [0.25, 0.3) is 0 Å². The summed E-state index contributed by atoms with van der Waals surface area (Å²) in [6, 6.07) is 14.9. The monoisotopic (exact) mass is 789 g/mol. The molecule has 3 heteroatoms. The van der Waals surface area contributed by atoms with Gasteiger partial charge in [0.2, 0.25) is 0 Å². The van der Waals surface area contributed by atoms with Gasteiger partial charge in [-0.1, -0.05) is 154 Å². The van der Waals surface area contributed by atoms with Gasteiger partial charge < -0.3 is 14.2 Å². The van der Waals surface area contributed by atoms with E-state index in [9.17, 15) is 0 Å². The van der Waals surface area contributed by atoms with E-state index in [1.54, 1.807) is 33.4 Å². The second-order valence-electron chi connectivity index (χ2n) is 22.9. The van der Waals surface area contributed by atoms with Gasteiger partial charge >= 0.3 is 0 Å². The van der Waals surface area contributed by atoms with Gasteiger partial charge in [0.05, 0.1) is 39.6 Å². The Balaban J connectivity index is 0.000000132. The molecule has 3 aromatic carbocycles. The minimum absolute atomic E-state index is 0.258. The molecule has 58 heavy (non-hydrogen) atoms. The molecule has 0 fully saturated rings. The van der Waals surface area contributed by atoms with Gasteiger partial charge in [-0.25, -0.2) is 0 Å². The first-order valence-corrected chi connectivity index (χ1v) is 23.2. The maximum absolute atomic E-state index is 5.75. The molecule has 318 valence electrons. The summed E-state index contributed by atoms with van der Waals surface area (Å²) in [5.41, 5.74) is 20.0. The van der Waals surface area contributed by atoms with Gasteiger partial charge in [-0.3, -0.25) is 0 Å². The summed E-state index contributed by atoms with van der Waals surface area (Å²) < 4.78 is 17.2. The van der Waals surface area contributed by atoms with E-state index in [2.05, 4.69) is 154 Å². The van der Waals surface area contributed by atoms with Crippen LogP contribution in [0.2, 0.25) is 0 Å². The van der Waals surface area contributed by atoms with Gasteiger partial charge in [-0.15, -0.1) is 0 Å². The highest BCUT2D eigenvalue weighted by molar-refractivity contribution is 5.54. The fourth-order valence-electron chi connectivity index (χ4n) is 12.8. The summed E-state index contributed by atoms with van der Waals surface area (Å²) >= 11 is 0. The second kappa shape index (κ2) is 14.9. The van der Waals surface area contributed by atoms with E-state index in [1.807, 2.05) is 0 Å². The average molecular weight is 789 g/mol. The average Bonchev–Trinajstić information content (AvgIpc) is 3.54. The zero-order valence-corrected chi connectivity index (χ0v) is 39.9. The van der Waals surface area contributed by atoms with Gasteiger partial charge in [0.25, 0.3) is 0 Å². The molecule has 3 aromatic rings. The fourth-order valence-corrected chi connectivity index (χ4v) is 12.8. The van der Waals surface area contributed by atoms with Gasteiger partial charge in [-0.05, 0) is 130 Å². The molecular formula is C55H80O3. The van der Waals surface area contributed by atoms with E-state index in [0.29, 0.717) is 45.8 Å². The number of fused-ring (bicyclic) bond motifs is 6. The Morgan fingerprint density at radius 1 is 0.448 bits per heavy atom. The lowest BCUT2D eigenvalue weighted by molar-refractivity contribution is 0.0949. The number of ether oxygens (including phenoxy) is 3. The number of hydrogen-bond donors (Lipinski definition) is 0. The molecule has 9 rings (SSSR count). The molecule has 0 aromatic heterocycles. The molecular weight excluding hydrogens is 709 g/mol. The molecule has 3 aliphatic carbocycles. The maximum atomic E-state index is 5.75. The zero-order chi connectivity index (χ0) is 42.5. The normalized spacial score (nSPS) is 32.5. The minimum Gasteiger partial charge on any atom is -0.376 e. The Kier molecular flexibility index (Phi) is 11.2. The zero-order valence-electron chi connectivity index (χ0n) is 39.9. The highest BCUT2D eigenvalue weighted by atomic mass is 16.5. The third kappa shape index (κ3) is 6.79. The quantitative estimate of drug-likeness (QED) is 0.259. The number of rotatable bonds is 2. The topological polar surface area (TPSA) is 27.7 Å². The van der Waals surface area contributed by atoms with E-state index in [0.717, 1.165) is 39.6 Å². The molecule has 0 amide bonds. The smallest absolute Gasteiger partial charge is 0.0720 e. The summed E-state index contributed by atoms with van der Waals surface area (Å²) in [5.74, 6) is 2.94. The maximum Gasteiger partial charge on any atom is 0.0720 e. The lowest BCUT2D eigenvalue weighted by Crippen LogP contribution is -2.32. The van der Waals surface area contributed by atoms with Crippen molar-refractivity contribution in [3.05, 3.63) is 103 Å². The standard InChI is InChI=1S/C19H28O.2C18H26O/c1-7-19(6)13(3)18(4,5)16-9-15-12(2)10-20-11-14(15)8-17(16)19;1-11-9-19-10-13-7-15-16(8-14(11)13)18(5,6)12(2)17(15,3)4;1-6-18(5)11-17(3,4)15-7-13-10-19-9-12(2)14(13)8-16(15)18/h8-9,12-13H,7,10-11H2,1-6H3;7-8,11-12H,9-10H2,1-6H3;7-8,12H,6,9-11H2,1-5H3. The molecule has 0 N–H and O–H groups in total. The van der Waals surface area contributed by atoms with E-state index in [-0.39, 0.29) is 16.2 Å². The van der Waals surface area contributed by atoms with Crippen LogP contribution in [0.15, 0.2) is 36.4 Å². The summed E-state index contributed by atoms with van der Waals surface area (Å²) in [6.45, 7) is 45.5. The molecule has 6 aliphatic rings. The van der Waals surface area contributed by atoms with Crippen molar-refractivity contribution < 1.29 is 14.2 Å². The van der Waals surface area contributed by atoms with Crippen LogP contribution in [0.3, 0.4) is 0 Å². The van der Waals surface area contributed by atoms with Crippen LogP contribution in [0.1, 0.15) is 221 Å². The summed E-state index contributed by atoms with van der Waals surface area (Å²) in [6.07, 6.45) is 3.71. The Hall–Kier alpha value is -2.46. The summed E-state index contributed by atoms with van der Waals surface area (Å²) in [4.78, 5) is 0. The molecule has 7 atom stereocenters. The first-order chi connectivity index (χ1) is 27.0. The molecule has 0 bridgehead atoms. The fraction of sp³-hybridized carbons (Fsp3) is 0.673. The van der Waals surface area contributed by atoms with Crippen LogP contribution in [-0.2, 0) is 66.5 Å². The lowest BCUT2D eigenvalue weighted by atomic mass is 9.69. The first-order valence-electron chi connectivity index (χ1n) is 23.2. The van der Waals surface area contributed by atoms with Crippen LogP contribution in [0.5, 0.6) is 0 Å². The molecule has 7 unspecified atom stereocenters. The van der Waals surface area contributed by atoms with Crippen molar-refractivity contribution >= 4 is 0 Å². The summed E-state index contributed by atoms with van der Waals surface area (Å²) in [7, 11) is 0. The lowest BCUT2D eigenvalue weighted by Gasteiger charge is -2.35.